The summed E-state index contributed by atoms with van der Waals surface area (Å²) in [4.78, 5) is 25.4. The molecule has 154 valence electrons. The monoisotopic (exact) mass is 392 g/mol. The van der Waals surface area contributed by atoms with Gasteiger partial charge in [0.15, 0.2) is 0 Å². The van der Waals surface area contributed by atoms with Crippen molar-refractivity contribution in [2.24, 2.45) is 28.6 Å². The molecule has 2 heterocycles. The molecule has 7 nitrogen and oxygen atoms in total. The van der Waals surface area contributed by atoms with Gasteiger partial charge in [0.1, 0.15) is 6.10 Å². The smallest absolute Gasteiger partial charge is 0.310 e. The molecular formula is C21H28O7. The predicted molar refractivity (Wildman–Crippen MR) is 96.7 cm³/mol. The maximum atomic E-state index is 12.9. The molecule has 3 aliphatic rings. The summed E-state index contributed by atoms with van der Waals surface area (Å²) < 4.78 is 15.9. The van der Waals surface area contributed by atoms with Gasteiger partial charge in [0.25, 0.3) is 0 Å². The van der Waals surface area contributed by atoms with E-state index < -0.39 is 41.0 Å². The van der Waals surface area contributed by atoms with E-state index in [1.54, 1.807) is 12.3 Å². The van der Waals surface area contributed by atoms with Crippen LogP contribution in [-0.2, 0) is 19.1 Å². The molecule has 0 bridgehead atoms. The van der Waals surface area contributed by atoms with E-state index in [1.807, 2.05) is 13.8 Å². The zero-order valence-corrected chi connectivity index (χ0v) is 16.5. The second-order valence-electron chi connectivity index (χ2n) is 9.14. The Morgan fingerprint density at radius 1 is 1.29 bits per heavy atom. The van der Waals surface area contributed by atoms with Crippen LogP contribution >= 0.6 is 0 Å². The third-order valence-electron chi connectivity index (χ3n) is 7.77. The first-order valence-corrected chi connectivity index (χ1v) is 9.89. The maximum Gasteiger partial charge on any atom is 0.310 e. The molecule has 4 rings (SSSR count). The molecule has 0 spiro atoms. The normalized spacial score (nSPS) is 45.5. The summed E-state index contributed by atoms with van der Waals surface area (Å²) in [5, 5.41) is 21.6. The lowest BCUT2D eigenvalue weighted by atomic mass is 9.42. The van der Waals surface area contributed by atoms with Gasteiger partial charge in [0.05, 0.1) is 43.7 Å². The van der Waals surface area contributed by atoms with Gasteiger partial charge in [-0.15, -0.1) is 0 Å². The molecule has 2 aliphatic carbocycles. The number of rotatable bonds is 2. The number of esters is 2. The number of fused-ring (bicyclic) bond motifs is 3. The molecule has 0 amide bonds. The predicted octanol–water partition coefficient (Wildman–Crippen LogP) is 2.22. The third kappa shape index (κ3) is 2.63. The summed E-state index contributed by atoms with van der Waals surface area (Å²) in [6, 6.07) is 1.77. The van der Waals surface area contributed by atoms with Crippen LogP contribution in [0.2, 0.25) is 0 Å². The Balaban J connectivity index is 1.77. The number of hydrogen-bond donors (Lipinski definition) is 2. The molecule has 7 heteroatoms. The van der Waals surface area contributed by atoms with Crippen molar-refractivity contribution < 1.29 is 33.7 Å². The number of carbonyl (C=O) groups excluding carboxylic acids is 2. The lowest BCUT2D eigenvalue weighted by Gasteiger charge is -2.63. The van der Waals surface area contributed by atoms with Crippen LogP contribution in [0.3, 0.4) is 0 Å². The summed E-state index contributed by atoms with van der Waals surface area (Å²) in [5.41, 5.74) is -0.428. The van der Waals surface area contributed by atoms with Crippen molar-refractivity contribution in [2.75, 3.05) is 7.11 Å². The van der Waals surface area contributed by atoms with Gasteiger partial charge < -0.3 is 24.1 Å². The highest BCUT2D eigenvalue weighted by atomic mass is 16.5. The van der Waals surface area contributed by atoms with Crippen molar-refractivity contribution in [1.29, 1.82) is 0 Å². The average molecular weight is 392 g/mol. The number of methoxy groups -OCH3 is 1. The second kappa shape index (κ2) is 6.59. The van der Waals surface area contributed by atoms with Gasteiger partial charge in [-0.05, 0) is 48.5 Å². The lowest BCUT2D eigenvalue weighted by Crippen LogP contribution is -2.65. The van der Waals surface area contributed by atoms with E-state index in [2.05, 4.69) is 0 Å². The fourth-order valence-electron chi connectivity index (χ4n) is 6.43. The molecule has 28 heavy (non-hydrogen) atoms. The van der Waals surface area contributed by atoms with Gasteiger partial charge in [-0.3, -0.25) is 9.59 Å². The number of carbonyl (C=O) groups is 2. The van der Waals surface area contributed by atoms with Crippen molar-refractivity contribution >= 4 is 11.9 Å². The van der Waals surface area contributed by atoms with Crippen LogP contribution in [0.5, 0.6) is 0 Å². The van der Waals surface area contributed by atoms with Crippen LogP contribution in [-0.4, -0.2) is 41.5 Å². The number of cyclic esters (lactones) is 1. The molecule has 1 aromatic heterocycles. The van der Waals surface area contributed by atoms with Gasteiger partial charge in [-0.1, -0.05) is 13.8 Å². The summed E-state index contributed by atoms with van der Waals surface area (Å²) in [5.74, 6) is -2.00. The van der Waals surface area contributed by atoms with Gasteiger partial charge in [-0.25, -0.2) is 0 Å². The minimum Gasteiger partial charge on any atom is -0.472 e. The number of aliphatic hydroxyl groups is 2. The Labute approximate surface area is 164 Å². The van der Waals surface area contributed by atoms with Crippen LogP contribution < -0.4 is 0 Å². The Kier molecular flexibility index (Phi) is 4.58. The largest absolute Gasteiger partial charge is 0.472 e. The van der Waals surface area contributed by atoms with Gasteiger partial charge in [0.2, 0.25) is 0 Å². The van der Waals surface area contributed by atoms with Crippen molar-refractivity contribution in [3.05, 3.63) is 24.2 Å². The Morgan fingerprint density at radius 2 is 2.04 bits per heavy atom. The van der Waals surface area contributed by atoms with Crippen LogP contribution in [0.1, 0.15) is 51.2 Å². The lowest BCUT2D eigenvalue weighted by molar-refractivity contribution is -0.236. The van der Waals surface area contributed by atoms with Crippen LogP contribution in [0.4, 0.5) is 0 Å². The van der Waals surface area contributed by atoms with Crippen molar-refractivity contribution in [1.82, 2.24) is 0 Å². The van der Waals surface area contributed by atoms with Crippen molar-refractivity contribution in [3.8, 4) is 0 Å². The first-order valence-electron chi connectivity index (χ1n) is 9.89. The van der Waals surface area contributed by atoms with Crippen LogP contribution in [0.15, 0.2) is 23.0 Å². The quantitative estimate of drug-likeness (QED) is 0.743. The SMILES string of the molecule is COC(=O)[C@@H]1C[C@H](O)[C@H](O)[C@H]2[C@@]1(C)CC[C@H]1C(=O)O[C@H](c3ccoc3)C[C@]21C. The van der Waals surface area contributed by atoms with E-state index in [4.69, 9.17) is 13.9 Å². The van der Waals surface area contributed by atoms with E-state index in [-0.39, 0.29) is 24.3 Å². The molecule has 0 aromatic carbocycles. The minimum atomic E-state index is -1.04. The fraction of sp³-hybridized carbons (Fsp3) is 0.714. The molecule has 1 saturated heterocycles. The Hall–Kier alpha value is -1.86. The summed E-state index contributed by atoms with van der Waals surface area (Å²) in [6.45, 7) is 3.98. The van der Waals surface area contributed by atoms with Crippen LogP contribution in [0, 0.1) is 28.6 Å². The fourth-order valence-corrected chi connectivity index (χ4v) is 6.43. The van der Waals surface area contributed by atoms with E-state index in [1.165, 1.54) is 13.4 Å². The Bertz CT molecular complexity index is 759. The van der Waals surface area contributed by atoms with Gasteiger partial charge >= 0.3 is 11.9 Å². The highest BCUT2D eigenvalue weighted by Gasteiger charge is 2.66. The average Bonchev–Trinajstić information content (AvgIpc) is 3.18. The number of aliphatic hydroxyl groups excluding tert-OH is 2. The van der Waals surface area contributed by atoms with Gasteiger partial charge in [0, 0.05) is 5.56 Å². The number of furan rings is 1. The molecule has 3 fully saturated rings. The summed E-state index contributed by atoms with van der Waals surface area (Å²) in [7, 11) is 1.35. The zero-order valence-electron chi connectivity index (χ0n) is 16.5. The topological polar surface area (TPSA) is 106 Å². The van der Waals surface area contributed by atoms with E-state index in [0.29, 0.717) is 19.3 Å². The zero-order chi connectivity index (χ0) is 20.3. The van der Waals surface area contributed by atoms with Crippen molar-refractivity contribution in [2.45, 2.75) is 57.8 Å². The van der Waals surface area contributed by atoms with Crippen LogP contribution in [0.25, 0.3) is 0 Å². The minimum absolute atomic E-state index is 0.164. The van der Waals surface area contributed by atoms with Crippen molar-refractivity contribution in [3.63, 3.8) is 0 Å². The molecule has 0 unspecified atom stereocenters. The Morgan fingerprint density at radius 3 is 2.68 bits per heavy atom. The number of ether oxygens (including phenoxy) is 2. The first-order chi connectivity index (χ1) is 13.2. The first kappa shape index (κ1) is 19.5. The highest BCUT2D eigenvalue weighted by molar-refractivity contribution is 5.76. The summed E-state index contributed by atoms with van der Waals surface area (Å²) >= 11 is 0. The highest BCUT2D eigenvalue weighted by Crippen LogP contribution is 2.65. The van der Waals surface area contributed by atoms with E-state index in [0.717, 1.165) is 5.56 Å². The van der Waals surface area contributed by atoms with Gasteiger partial charge in [-0.2, -0.15) is 0 Å². The molecule has 1 aromatic rings. The molecule has 2 N–H and O–H groups in total. The molecule has 8 atom stereocenters. The van der Waals surface area contributed by atoms with E-state index in [9.17, 15) is 19.8 Å². The molecular weight excluding hydrogens is 364 g/mol. The maximum absolute atomic E-state index is 12.9. The molecule has 0 radical (unpaired) electrons. The third-order valence-corrected chi connectivity index (χ3v) is 7.77. The van der Waals surface area contributed by atoms with E-state index >= 15 is 0 Å². The number of hydrogen-bond acceptors (Lipinski definition) is 7. The molecule has 2 saturated carbocycles. The standard InChI is InChI=1S/C21H28O7/c1-20-6-4-12-19(25)28-15(11-5-7-27-10-11)9-21(12,2)17(20)16(23)14(22)8-13(20)18(24)26-3/h5,7,10,12-17,22-23H,4,6,8-9H2,1-3H3/t12-,13-,14-,15-,16-,17-,20-,21-/m0/s1. The molecule has 1 aliphatic heterocycles. The summed E-state index contributed by atoms with van der Waals surface area (Å²) in [6.07, 6.45) is 2.40. The second-order valence-corrected chi connectivity index (χ2v) is 9.14.